The molecule has 1 N–H and O–H groups in total. The Morgan fingerprint density at radius 2 is 1.77 bits per heavy atom. The summed E-state index contributed by atoms with van der Waals surface area (Å²) in [4.78, 5) is 29.3. The minimum atomic E-state index is -0.166. The van der Waals surface area contributed by atoms with Gasteiger partial charge in [-0.3, -0.25) is 9.59 Å². The van der Waals surface area contributed by atoms with Crippen LogP contribution in [0.25, 0.3) is 0 Å². The number of likely N-dealkylation sites (tertiary alicyclic amines) is 2. The molecule has 4 rings (SSSR count). The second-order valence-electron chi connectivity index (χ2n) is 8.04. The Labute approximate surface area is 154 Å². The van der Waals surface area contributed by atoms with Crippen LogP contribution in [0.4, 0.5) is 0 Å². The molecule has 2 saturated heterocycles. The molecule has 26 heavy (non-hydrogen) atoms. The second kappa shape index (κ2) is 7.39. The lowest BCUT2D eigenvalue weighted by Gasteiger charge is -2.36. The molecule has 0 aromatic carbocycles. The van der Waals surface area contributed by atoms with E-state index in [-0.39, 0.29) is 17.9 Å². The van der Waals surface area contributed by atoms with Crippen LogP contribution in [0.1, 0.15) is 60.7 Å². The van der Waals surface area contributed by atoms with Gasteiger partial charge >= 0.3 is 0 Å². The van der Waals surface area contributed by atoms with Crippen molar-refractivity contribution >= 4 is 11.8 Å². The van der Waals surface area contributed by atoms with Crippen LogP contribution in [0, 0.1) is 5.92 Å². The molecule has 142 valence electrons. The number of carbonyl (C=O) groups is 2. The maximum atomic E-state index is 12.7. The lowest BCUT2D eigenvalue weighted by atomic mass is 9.94. The van der Waals surface area contributed by atoms with Gasteiger partial charge in [0.15, 0.2) is 5.69 Å². The van der Waals surface area contributed by atoms with Gasteiger partial charge in [-0.25, -0.2) is 0 Å². The maximum absolute atomic E-state index is 12.7. The van der Waals surface area contributed by atoms with E-state index in [1.807, 2.05) is 4.90 Å². The summed E-state index contributed by atoms with van der Waals surface area (Å²) in [5.41, 5.74) is 0.372. The van der Waals surface area contributed by atoms with Crippen LogP contribution >= 0.6 is 0 Å². The molecule has 0 radical (unpaired) electrons. The molecule has 1 aromatic heterocycles. The first-order chi connectivity index (χ1) is 12.6. The summed E-state index contributed by atoms with van der Waals surface area (Å²) in [7, 11) is 2.11. The van der Waals surface area contributed by atoms with E-state index in [2.05, 4.69) is 22.4 Å². The van der Waals surface area contributed by atoms with Crippen molar-refractivity contribution in [1.29, 1.82) is 0 Å². The minimum Gasteiger partial charge on any atom is -0.360 e. The van der Waals surface area contributed by atoms with Crippen LogP contribution in [0.3, 0.4) is 0 Å². The molecule has 1 aliphatic carbocycles. The van der Waals surface area contributed by atoms with Gasteiger partial charge in [-0.15, -0.1) is 0 Å². The number of hydrogen-bond acceptors (Lipinski definition) is 5. The molecular weight excluding hydrogens is 332 g/mol. The quantitative estimate of drug-likeness (QED) is 0.883. The minimum absolute atomic E-state index is 0.102. The van der Waals surface area contributed by atoms with Gasteiger partial charge in [0.2, 0.25) is 5.91 Å². The van der Waals surface area contributed by atoms with Crippen LogP contribution in [-0.4, -0.2) is 66.0 Å². The van der Waals surface area contributed by atoms with Gasteiger partial charge in [-0.05, 0) is 58.7 Å². The zero-order valence-electron chi connectivity index (χ0n) is 15.4. The Morgan fingerprint density at radius 1 is 1.08 bits per heavy atom. The third kappa shape index (κ3) is 3.92. The summed E-state index contributed by atoms with van der Waals surface area (Å²) < 4.78 is 5.25. The topological polar surface area (TPSA) is 78.7 Å². The van der Waals surface area contributed by atoms with Crippen molar-refractivity contribution in [2.45, 2.75) is 50.5 Å². The molecule has 0 bridgehead atoms. The summed E-state index contributed by atoms with van der Waals surface area (Å²) in [6, 6.07) is 1.87. The molecule has 1 aromatic rings. The lowest BCUT2D eigenvalue weighted by molar-refractivity contribution is -0.138. The van der Waals surface area contributed by atoms with Crippen molar-refractivity contribution in [3.05, 3.63) is 17.5 Å². The smallest absolute Gasteiger partial charge is 0.273 e. The summed E-state index contributed by atoms with van der Waals surface area (Å²) in [6.45, 7) is 3.46. The zero-order valence-corrected chi connectivity index (χ0v) is 15.4. The van der Waals surface area contributed by atoms with Crippen LogP contribution in [0.5, 0.6) is 0 Å². The molecule has 2 aliphatic heterocycles. The number of nitrogens with zero attached hydrogens (tertiary/aromatic N) is 3. The average molecular weight is 360 g/mol. The van der Waals surface area contributed by atoms with Crippen molar-refractivity contribution in [1.82, 2.24) is 20.3 Å². The van der Waals surface area contributed by atoms with Gasteiger partial charge in [-0.1, -0.05) is 5.16 Å². The van der Waals surface area contributed by atoms with Gasteiger partial charge < -0.3 is 19.6 Å². The molecule has 2 amide bonds. The fraction of sp³-hybridized carbons (Fsp3) is 0.737. The van der Waals surface area contributed by atoms with Gasteiger partial charge in [0, 0.05) is 37.0 Å². The highest BCUT2D eigenvalue weighted by atomic mass is 16.5. The first kappa shape index (κ1) is 17.5. The zero-order chi connectivity index (χ0) is 18.1. The molecule has 3 heterocycles. The van der Waals surface area contributed by atoms with E-state index in [4.69, 9.17) is 4.52 Å². The molecule has 7 nitrogen and oxygen atoms in total. The van der Waals surface area contributed by atoms with E-state index >= 15 is 0 Å². The van der Waals surface area contributed by atoms with Crippen LogP contribution in [0.15, 0.2) is 10.6 Å². The van der Waals surface area contributed by atoms with E-state index < -0.39 is 0 Å². The number of nitrogens with one attached hydrogen (secondary N) is 1. The predicted molar refractivity (Wildman–Crippen MR) is 95.8 cm³/mol. The fourth-order valence-electron chi connectivity index (χ4n) is 3.97. The highest BCUT2D eigenvalue weighted by Crippen LogP contribution is 2.40. The number of amides is 2. The van der Waals surface area contributed by atoms with E-state index in [1.165, 1.54) is 0 Å². The van der Waals surface area contributed by atoms with Gasteiger partial charge in [-0.2, -0.15) is 0 Å². The molecule has 1 saturated carbocycles. The Balaban J connectivity index is 1.24. The maximum Gasteiger partial charge on any atom is 0.273 e. The normalized spacial score (nSPS) is 23.2. The molecule has 3 aliphatic rings. The third-order valence-corrected chi connectivity index (χ3v) is 5.95. The SMILES string of the molecule is CN1CCC(C(=O)N2CCC(NC(=O)c3cc(C4CC4)on3)CC2)CC1. The highest BCUT2D eigenvalue weighted by Gasteiger charge is 2.32. The first-order valence-corrected chi connectivity index (χ1v) is 9.85. The summed E-state index contributed by atoms with van der Waals surface area (Å²) >= 11 is 0. The molecule has 3 fully saturated rings. The highest BCUT2D eigenvalue weighted by molar-refractivity contribution is 5.92. The molecular formula is C19H28N4O3. The molecule has 0 spiro atoms. The average Bonchev–Trinajstić information content (AvgIpc) is 3.39. The number of carbonyl (C=O) groups excluding carboxylic acids is 2. The molecule has 0 unspecified atom stereocenters. The second-order valence-corrected chi connectivity index (χ2v) is 8.04. The first-order valence-electron chi connectivity index (χ1n) is 9.85. The lowest BCUT2D eigenvalue weighted by Crippen LogP contribution is -2.49. The van der Waals surface area contributed by atoms with Gasteiger partial charge in [0.05, 0.1) is 0 Å². The van der Waals surface area contributed by atoms with Crippen molar-refractivity contribution < 1.29 is 14.1 Å². The van der Waals surface area contributed by atoms with Crippen molar-refractivity contribution in [3.8, 4) is 0 Å². The van der Waals surface area contributed by atoms with Gasteiger partial charge in [0.1, 0.15) is 5.76 Å². The Morgan fingerprint density at radius 3 is 2.42 bits per heavy atom. The van der Waals surface area contributed by atoms with Crippen LogP contribution in [0.2, 0.25) is 0 Å². The Bertz CT molecular complexity index is 653. The van der Waals surface area contributed by atoms with E-state index in [1.54, 1.807) is 6.07 Å². The van der Waals surface area contributed by atoms with Crippen LogP contribution < -0.4 is 5.32 Å². The standard InChI is InChI=1S/C19H28N4O3/c1-22-8-4-14(5-9-22)19(25)23-10-6-15(7-11-23)20-18(24)16-12-17(26-21-16)13-2-3-13/h12-15H,2-11H2,1H3,(H,20,24). The van der Waals surface area contributed by atoms with Crippen molar-refractivity contribution in [2.75, 3.05) is 33.2 Å². The number of hydrogen-bond donors (Lipinski definition) is 1. The Hall–Kier alpha value is -1.89. The monoisotopic (exact) mass is 360 g/mol. The molecule has 0 atom stereocenters. The van der Waals surface area contributed by atoms with Gasteiger partial charge in [0.25, 0.3) is 5.91 Å². The Kier molecular flexibility index (Phi) is 4.98. The number of piperidine rings is 2. The molecule has 7 heteroatoms. The number of rotatable bonds is 4. The van der Waals surface area contributed by atoms with E-state index in [0.717, 1.165) is 70.5 Å². The van der Waals surface area contributed by atoms with Crippen molar-refractivity contribution in [3.63, 3.8) is 0 Å². The third-order valence-electron chi connectivity index (χ3n) is 5.95. The summed E-state index contributed by atoms with van der Waals surface area (Å²) in [6.07, 6.45) is 5.78. The van der Waals surface area contributed by atoms with E-state index in [9.17, 15) is 9.59 Å². The van der Waals surface area contributed by atoms with Crippen LogP contribution in [-0.2, 0) is 4.79 Å². The summed E-state index contributed by atoms with van der Waals surface area (Å²) in [5.74, 6) is 1.59. The number of aromatic nitrogens is 1. The largest absolute Gasteiger partial charge is 0.360 e. The fourth-order valence-corrected chi connectivity index (χ4v) is 3.97. The van der Waals surface area contributed by atoms with E-state index in [0.29, 0.717) is 17.5 Å². The van der Waals surface area contributed by atoms with Crippen molar-refractivity contribution in [2.24, 2.45) is 5.92 Å². The predicted octanol–water partition coefficient (Wildman–Crippen LogP) is 1.61. The summed E-state index contributed by atoms with van der Waals surface area (Å²) in [5, 5.41) is 6.94.